The average molecular weight is 822 g/mol. The molecule has 0 bridgehead atoms. The van der Waals surface area contributed by atoms with Gasteiger partial charge in [-0.25, -0.2) is 9.59 Å². The lowest BCUT2D eigenvalue weighted by Gasteiger charge is -2.25. The SMILES string of the molecule is Cc1cc(=O)[nH]c2cc(NC(=O)[C@H](CCCCNC(=O)OC(C)(C)C)NC(=O)[C@H](CC(=O)OC3CCCCC3)NC(=O)OCC3c4ccccc4-c4ccccc43)ccc12. The lowest BCUT2D eigenvalue weighted by molar-refractivity contribution is -0.152. The summed E-state index contributed by atoms with van der Waals surface area (Å²) in [5.41, 5.74) is 4.86. The molecule has 6 rings (SSSR count). The first-order valence-electron chi connectivity index (χ1n) is 20.8. The number of carbonyl (C=O) groups is 5. The molecule has 0 spiro atoms. The number of carbonyl (C=O) groups excluding carboxylic acids is 5. The third-order valence-electron chi connectivity index (χ3n) is 10.7. The molecule has 14 nitrogen and oxygen atoms in total. The molecule has 1 aromatic heterocycles. The predicted molar refractivity (Wildman–Crippen MR) is 228 cm³/mol. The summed E-state index contributed by atoms with van der Waals surface area (Å²) in [6.07, 6.45) is 3.09. The molecule has 0 saturated heterocycles. The number of hydrogen-bond donors (Lipinski definition) is 5. The standard InChI is InChI=1S/C46H55N5O9/c1-28-24-40(52)49-38-25-29(21-22-31(28)38)48-42(54)37(20-12-13-23-47-44(56)60-46(2,3)4)50-43(55)39(26-41(53)59-30-14-6-5-7-15-30)51-45(57)58-27-36-34-18-10-8-16-32(34)33-17-9-11-19-35(33)36/h8-11,16-19,21-22,24-25,30,36-37,39H,5-7,12-15,20,23,26-27H2,1-4H3,(H,47,56)(H,48,54)(H,49,52)(H,50,55)(H,51,57)/t37-,39-/m0/s1. The van der Waals surface area contributed by atoms with Crippen molar-refractivity contribution < 1.29 is 38.2 Å². The van der Waals surface area contributed by atoms with Gasteiger partial charge in [-0.1, -0.05) is 61.0 Å². The molecule has 60 heavy (non-hydrogen) atoms. The molecule has 0 aliphatic heterocycles. The number of aromatic amines is 1. The summed E-state index contributed by atoms with van der Waals surface area (Å²) in [4.78, 5) is 82.0. The van der Waals surface area contributed by atoms with E-state index in [1.54, 1.807) is 39.0 Å². The number of H-pyrrole nitrogens is 1. The molecule has 3 aromatic carbocycles. The molecule has 2 aliphatic carbocycles. The normalized spacial score (nSPS) is 14.9. The molecule has 1 saturated carbocycles. The van der Waals surface area contributed by atoms with Gasteiger partial charge in [-0.05, 0) is 113 Å². The first-order valence-corrected chi connectivity index (χ1v) is 20.8. The van der Waals surface area contributed by atoms with Crippen LogP contribution in [-0.2, 0) is 28.6 Å². The van der Waals surface area contributed by atoms with Gasteiger partial charge in [-0.2, -0.15) is 0 Å². The van der Waals surface area contributed by atoms with E-state index in [0.29, 0.717) is 24.0 Å². The molecule has 4 amide bonds. The van der Waals surface area contributed by atoms with Gasteiger partial charge in [0, 0.05) is 29.6 Å². The Bertz CT molecular complexity index is 2210. The number of benzene rings is 3. The molecule has 0 unspecified atom stereocenters. The van der Waals surface area contributed by atoms with Crippen LogP contribution in [0.2, 0.25) is 0 Å². The summed E-state index contributed by atoms with van der Waals surface area (Å²) in [5, 5.41) is 11.7. The van der Waals surface area contributed by atoms with Crippen molar-refractivity contribution in [3.63, 3.8) is 0 Å². The highest BCUT2D eigenvalue weighted by Crippen LogP contribution is 2.44. The second-order valence-electron chi connectivity index (χ2n) is 16.5. The average Bonchev–Trinajstić information content (AvgIpc) is 3.52. The number of unbranched alkanes of at least 4 members (excludes halogenated alkanes) is 1. The maximum absolute atomic E-state index is 14.1. The molecule has 318 valence electrons. The quantitative estimate of drug-likeness (QED) is 0.0471. The number of esters is 1. The number of hydrogen-bond acceptors (Lipinski definition) is 9. The number of ether oxygens (including phenoxy) is 3. The smallest absolute Gasteiger partial charge is 0.407 e. The van der Waals surface area contributed by atoms with E-state index in [9.17, 15) is 28.8 Å². The zero-order chi connectivity index (χ0) is 42.8. The molecular weight excluding hydrogens is 767 g/mol. The zero-order valence-electron chi connectivity index (χ0n) is 34.7. The maximum atomic E-state index is 14.1. The first kappa shape index (κ1) is 43.4. The number of aromatic nitrogens is 1. The second kappa shape index (κ2) is 19.7. The molecule has 2 aliphatic rings. The van der Waals surface area contributed by atoms with E-state index in [0.717, 1.165) is 65.3 Å². The summed E-state index contributed by atoms with van der Waals surface area (Å²) >= 11 is 0. The van der Waals surface area contributed by atoms with E-state index in [1.165, 1.54) is 6.07 Å². The van der Waals surface area contributed by atoms with Gasteiger partial charge in [0.05, 0.1) is 11.9 Å². The van der Waals surface area contributed by atoms with Crippen molar-refractivity contribution in [3.05, 3.63) is 99.8 Å². The van der Waals surface area contributed by atoms with Crippen molar-refractivity contribution in [1.82, 2.24) is 20.9 Å². The van der Waals surface area contributed by atoms with Gasteiger partial charge in [0.25, 0.3) is 0 Å². The topological polar surface area (TPSA) is 194 Å². The molecule has 0 radical (unpaired) electrons. The largest absolute Gasteiger partial charge is 0.462 e. The van der Waals surface area contributed by atoms with Gasteiger partial charge in [0.1, 0.15) is 30.4 Å². The van der Waals surface area contributed by atoms with E-state index in [-0.39, 0.29) is 37.2 Å². The number of aryl methyl sites for hydroxylation is 1. The molecule has 5 N–H and O–H groups in total. The van der Waals surface area contributed by atoms with Crippen molar-refractivity contribution in [3.8, 4) is 11.1 Å². The molecule has 1 heterocycles. The number of fused-ring (bicyclic) bond motifs is 4. The number of amides is 4. The Morgan fingerprint density at radius 2 is 1.48 bits per heavy atom. The van der Waals surface area contributed by atoms with Gasteiger partial charge in [-0.15, -0.1) is 0 Å². The van der Waals surface area contributed by atoms with Gasteiger partial charge in [0.2, 0.25) is 17.4 Å². The maximum Gasteiger partial charge on any atom is 0.407 e. The summed E-state index contributed by atoms with van der Waals surface area (Å²) in [5.74, 6) is -2.24. The fraction of sp³-hybridized carbons (Fsp3) is 0.435. The number of pyridine rings is 1. The first-order chi connectivity index (χ1) is 28.7. The fourth-order valence-corrected chi connectivity index (χ4v) is 7.84. The summed E-state index contributed by atoms with van der Waals surface area (Å²) in [6, 6.07) is 19.8. The third kappa shape index (κ3) is 11.7. The Hall–Kier alpha value is -6.18. The van der Waals surface area contributed by atoms with Crippen LogP contribution in [0.3, 0.4) is 0 Å². The summed E-state index contributed by atoms with van der Waals surface area (Å²) in [6.45, 7) is 7.35. The van der Waals surface area contributed by atoms with Crippen molar-refractivity contribution >= 4 is 46.6 Å². The second-order valence-corrected chi connectivity index (χ2v) is 16.5. The molecule has 1 fully saturated rings. The lowest BCUT2D eigenvalue weighted by atomic mass is 9.98. The van der Waals surface area contributed by atoms with Crippen LogP contribution in [0.1, 0.15) is 101 Å². The van der Waals surface area contributed by atoms with Crippen LogP contribution < -0.4 is 26.8 Å². The zero-order valence-corrected chi connectivity index (χ0v) is 34.7. The van der Waals surface area contributed by atoms with E-state index in [2.05, 4.69) is 26.3 Å². The Labute approximate surface area is 349 Å². The number of alkyl carbamates (subject to hydrolysis) is 2. The lowest BCUT2D eigenvalue weighted by Crippen LogP contribution is -2.53. The van der Waals surface area contributed by atoms with Crippen LogP contribution in [0.4, 0.5) is 15.3 Å². The Morgan fingerprint density at radius 1 is 0.800 bits per heavy atom. The van der Waals surface area contributed by atoms with Crippen molar-refractivity contribution in [2.24, 2.45) is 0 Å². The van der Waals surface area contributed by atoms with Crippen LogP contribution in [0, 0.1) is 6.92 Å². The molecular formula is C46H55N5O9. The number of anilines is 1. The summed E-state index contributed by atoms with van der Waals surface area (Å²) < 4.78 is 16.8. The highest BCUT2D eigenvalue weighted by Gasteiger charge is 2.33. The Balaban J connectivity index is 1.17. The summed E-state index contributed by atoms with van der Waals surface area (Å²) in [7, 11) is 0. The van der Waals surface area contributed by atoms with Crippen molar-refractivity contribution in [1.29, 1.82) is 0 Å². The van der Waals surface area contributed by atoms with Crippen molar-refractivity contribution in [2.45, 2.75) is 115 Å². The minimum absolute atomic E-state index is 0.0143. The van der Waals surface area contributed by atoms with Gasteiger partial charge < -0.3 is 40.5 Å². The van der Waals surface area contributed by atoms with Gasteiger partial charge >= 0.3 is 18.2 Å². The third-order valence-corrected chi connectivity index (χ3v) is 10.7. The highest BCUT2D eigenvalue weighted by molar-refractivity contribution is 6.00. The van der Waals surface area contributed by atoms with E-state index < -0.39 is 54.1 Å². The Kier molecular flexibility index (Phi) is 14.3. The van der Waals surface area contributed by atoms with Crippen LogP contribution in [-0.4, -0.2) is 71.9 Å². The number of nitrogens with one attached hydrogen (secondary N) is 5. The van der Waals surface area contributed by atoms with Crippen LogP contribution in [0.25, 0.3) is 22.0 Å². The minimum Gasteiger partial charge on any atom is -0.462 e. The fourth-order valence-electron chi connectivity index (χ4n) is 7.84. The van der Waals surface area contributed by atoms with Gasteiger partial charge in [-0.3, -0.25) is 19.2 Å². The highest BCUT2D eigenvalue weighted by atomic mass is 16.6. The van der Waals surface area contributed by atoms with E-state index in [4.69, 9.17) is 14.2 Å². The number of rotatable bonds is 15. The monoisotopic (exact) mass is 821 g/mol. The molecule has 4 aromatic rings. The van der Waals surface area contributed by atoms with E-state index >= 15 is 0 Å². The van der Waals surface area contributed by atoms with Crippen LogP contribution in [0.15, 0.2) is 77.6 Å². The van der Waals surface area contributed by atoms with E-state index in [1.807, 2.05) is 55.5 Å². The van der Waals surface area contributed by atoms with Gasteiger partial charge in [0.15, 0.2) is 0 Å². The Morgan fingerprint density at radius 3 is 2.17 bits per heavy atom. The predicted octanol–water partition coefficient (Wildman–Crippen LogP) is 7.13. The van der Waals surface area contributed by atoms with Crippen LogP contribution in [0.5, 0.6) is 0 Å². The minimum atomic E-state index is -1.44. The van der Waals surface area contributed by atoms with Crippen LogP contribution >= 0.6 is 0 Å². The molecule has 2 atom stereocenters. The molecule has 14 heteroatoms. The van der Waals surface area contributed by atoms with Crippen molar-refractivity contribution in [2.75, 3.05) is 18.5 Å².